The molecule has 0 aromatic heterocycles. The predicted octanol–water partition coefficient (Wildman–Crippen LogP) is 0.571. The third-order valence-corrected chi connectivity index (χ3v) is 3.36. The third kappa shape index (κ3) is 4.04. The highest BCUT2D eigenvalue weighted by Gasteiger charge is 2.16. The van der Waals surface area contributed by atoms with E-state index in [1.807, 2.05) is 0 Å². The van der Waals surface area contributed by atoms with Crippen molar-refractivity contribution in [2.75, 3.05) is 45.1 Å². The van der Waals surface area contributed by atoms with Gasteiger partial charge in [0, 0.05) is 31.9 Å². The van der Waals surface area contributed by atoms with Gasteiger partial charge in [-0.15, -0.1) is 0 Å². The summed E-state index contributed by atoms with van der Waals surface area (Å²) in [4.78, 5) is 27.1. The lowest BCUT2D eigenvalue weighted by Gasteiger charge is -2.31. The number of carbonyl (C=O) groups excluding carboxylic acids is 1. The summed E-state index contributed by atoms with van der Waals surface area (Å²) in [6.45, 7) is 4.01. The minimum Gasteiger partial charge on any atom is -0.478 e. The number of rotatable bonds is 4. The molecule has 1 saturated heterocycles. The number of likely N-dealkylation sites (N-methyl/N-ethyl adjacent to an activating group) is 1. The van der Waals surface area contributed by atoms with E-state index in [0.29, 0.717) is 12.2 Å². The maximum absolute atomic E-state index is 11.9. The number of nitrogens with zero attached hydrogens (tertiary/aromatic N) is 2. The Morgan fingerprint density at radius 3 is 2.60 bits per heavy atom. The minimum atomic E-state index is -1.000. The number of carbonyl (C=O) groups is 2. The van der Waals surface area contributed by atoms with Crippen molar-refractivity contribution in [3.63, 3.8) is 0 Å². The second-order valence-corrected chi connectivity index (χ2v) is 5.01. The van der Waals surface area contributed by atoms with E-state index in [0.717, 1.165) is 26.2 Å². The fourth-order valence-corrected chi connectivity index (χ4v) is 2.14. The van der Waals surface area contributed by atoms with Gasteiger partial charge in [-0.2, -0.15) is 0 Å². The van der Waals surface area contributed by atoms with Gasteiger partial charge in [0.05, 0.1) is 12.1 Å². The molecule has 1 amide bonds. The molecule has 0 spiro atoms. The Hall–Kier alpha value is -1.92. The van der Waals surface area contributed by atoms with E-state index in [9.17, 15) is 9.59 Å². The molecule has 2 rings (SSSR count). The first kappa shape index (κ1) is 14.5. The maximum Gasteiger partial charge on any atom is 0.335 e. The zero-order chi connectivity index (χ0) is 14.5. The van der Waals surface area contributed by atoms with Crippen LogP contribution in [0.5, 0.6) is 0 Å². The number of anilines is 1. The summed E-state index contributed by atoms with van der Waals surface area (Å²) in [5, 5.41) is 11.6. The number of hydrogen-bond acceptors (Lipinski definition) is 4. The first-order chi connectivity index (χ1) is 9.54. The highest BCUT2D eigenvalue weighted by atomic mass is 16.4. The topological polar surface area (TPSA) is 72.9 Å². The summed E-state index contributed by atoms with van der Waals surface area (Å²) in [6.07, 6.45) is 0. The van der Waals surface area contributed by atoms with Gasteiger partial charge in [-0.25, -0.2) is 4.79 Å². The zero-order valence-corrected chi connectivity index (χ0v) is 11.5. The van der Waals surface area contributed by atoms with Gasteiger partial charge in [0.15, 0.2) is 0 Å². The quantitative estimate of drug-likeness (QED) is 0.842. The van der Waals surface area contributed by atoms with E-state index in [1.165, 1.54) is 12.1 Å². The van der Waals surface area contributed by atoms with E-state index in [1.54, 1.807) is 12.1 Å². The summed E-state index contributed by atoms with van der Waals surface area (Å²) in [7, 11) is 2.06. The molecule has 6 nitrogen and oxygen atoms in total. The molecular formula is C14H19N3O3. The third-order valence-electron chi connectivity index (χ3n) is 3.36. The van der Waals surface area contributed by atoms with Crippen LogP contribution in [0.1, 0.15) is 10.4 Å². The SMILES string of the molecule is CN1CCN(CC(=O)Nc2cccc(C(=O)O)c2)CC1. The van der Waals surface area contributed by atoms with Crippen LogP contribution < -0.4 is 5.32 Å². The summed E-state index contributed by atoms with van der Waals surface area (Å²) >= 11 is 0. The molecule has 1 fully saturated rings. The fraction of sp³-hybridized carbons (Fsp3) is 0.429. The van der Waals surface area contributed by atoms with Gasteiger partial charge in [-0.3, -0.25) is 9.69 Å². The van der Waals surface area contributed by atoms with Crippen LogP contribution in [-0.2, 0) is 4.79 Å². The summed E-state index contributed by atoms with van der Waals surface area (Å²) in [5.41, 5.74) is 0.687. The van der Waals surface area contributed by atoms with Crippen molar-refractivity contribution < 1.29 is 14.7 Å². The molecule has 0 radical (unpaired) electrons. The first-order valence-electron chi connectivity index (χ1n) is 6.59. The standard InChI is InChI=1S/C14H19N3O3/c1-16-5-7-17(8-6-16)10-13(18)15-12-4-2-3-11(9-12)14(19)20/h2-4,9H,5-8,10H2,1H3,(H,15,18)(H,19,20). The number of amides is 1. The predicted molar refractivity (Wildman–Crippen MR) is 76.0 cm³/mol. The van der Waals surface area contributed by atoms with Crippen molar-refractivity contribution in [1.29, 1.82) is 0 Å². The Kier molecular flexibility index (Phi) is 4.70. The summed E-state index contributed by atoms with van der Waals surface area (Å²) < 4.78 is 0. The summed E-state index contributed by atoms with van der Waals surface area (Å²) in [6, 6.07) is 6.27. The Bertz CT molecular complexity index is 496. The molecule has 0 bridgehead atoms. The van der Waals surface area contributed by atoms with Gasteiger partial charge >= 0.3 is 5.97 Å². The average molecular weight is 277 g/mol. The largest absolute Gasteiger partial charge is 0.478 e. The fourth-order valence-electron chi connectivity index (χ4n) is 2.14. The van der Waals surface area contributed by atoms with Crippen LogP contribution in [-0.4, -0.2) is 66.6 Å². The Balaban J connectivity index is 1.88. The van der Waals surface area contributed by atoms with Crippen LogP contribution >= 0.6 is 0 Å². The highest BCUT2D eigenvalue weighted by Crippen LogP contribution is 2.11. The molecule has 1 aromatic carbocycles. The molecule has 20 heavy (non-hydrogen) atoms. The van der Waals surface area contributed by atoms with Crippen LogP contribution in [0, 0.1) is 0 Å². The normalized spacial score (nSPS) is 16.9. The van der Waals surface area contributed by atoms with Crippen molar-refractivity contribution >= 4 is 17.6 Å². The second-order valence-electron chi connectivity index (χ2n) is 5.01. The van der Waals surface area contributed by atoms with E-state index < -0.39 is 5.97 Å². The first-order valence-corrected chi connectivity index (χ1v) is 6.59. The summed E-state index contributed by atoms with van der Waals surface area (Å²) in [5.74, 6) is -1.11. The molecule has 1 aromatic rings. The number of nitrogens with one attached hydrogen (secondary N) is 1. The van der Waals surface area contributed by atoms with E-state index in [2.05, 4.69) is 22.2 Å². The van der Waals surface area contributed by atoms with E-state index in [4.69, 9.17) is 5.11 Å². The molecule has 0 aliphatic carbocycles. The number of benzene rings is 1. The van der Waals surface area contributed by atoms with Gasteiger partial charge in [0.1, 0.15) is 0 Å². The van der Waals surface area contributed by atoms with Gasteiger partial charge < -0.3 is 15.3 Å². The maximum atomic E-state index is 11.9. The molecule has 108 valence electrons. The van der Waals surface area contributed by atoms with Crippen molar-refractivity contribution in [2.45, 2.75) is 0 Å². The Morgan fingerprint density at radius 2 is 1.95 bits per heavy atom. The number of carboxylic acid groups (broad SMARTS) is 1. The lowest BCUT2D eigenvalue weighted by atomic mass is 10.2. The van der Waals surface area contributed by atoms with E-state index in [-0.39, 0.29) is 11.5 Å². The van der Waals surface area contributed by atoms with Crippen molar-refractivity contribution in [1.82, 2.24) is 9.80 Å². The molecule has 1 aliphatic heterocycles. The number of hydrogen-bond donors (Lipinski definition) is 2. The second kappa shape index (κ2) is 6.49. The molecule has 1 aliphatic rings. The molecule has 0 saturated carbocycles. The van der Waals surface area contributed by atoms with Crippen LogP contribution in [0.25, 0.3) is 0 Å². The van der Waals surface area contributed by atoms with Gasteiger partial charge in [-0.05, 0) is 25.2 Å². The molecule has 0 unspecified atom stereocenters. The van der Waals surface area contributed by atoms with Crippen molar-refractivity contribution in [3.05, 3.63) is 29.8 Å². The smallest absolute Gasteiger partial charge is 0.335 e. The zero-order valence-electron chi connectivity index (χ0n) is 11.5. The molecule has 1 heterocycles. The van der Waals surface area contributed by atoms with Crippen LogP contribution in [0.15, 0.2) is 24.3 Å². The number of piperazine rings is 1. The Labute approximate surface area is 118 Å². The molecule has 0 atom stereocenters. The number of aromatic carboxylic acids is 1. The highest BCUT2D eigenvalue weighted by molar-refractivity contribution is 5.94. The van der Waals surface area contributed by atoms with Gasteiger partial charge in [0.25, 0.3) is 0 Å². The van der Waals surface area contributed by atoms with E-state index >= 15 is 0 Å². The van der Waals surface area contributed by atoms with Crippen molar-refractivity contribution in [3.8, 4) is 0 Å². The number of carboxylic acids is 1. The van der Waals surface area contributed by atoms with Crippen LogP contribution in [0.3, 0.4) is 0 Å². The Morgan fingerprint density at radius 1 is 1.25 bits per heavy atom. The lowest BCUT2D eigenvalue weighted by molar-refractivity contribution is -0.117. The molecule has 6 heteroatoms. The van der Waals surface area contributed by atoms with Gasteiger partial charge in [0.2, 0.25) is 5.91 Å². The van der Waals surface area contributed by atoms with Crippen LogP contribution in [0.2, 0.25) is 0 Å². The minimum absolute atomic E-state index is 0.114. The molecule has 2 N–H and O–H groups in total. The van der Waals surface area contributed by atoms with Crippen molar-refractivity contribution in [2.24, 2.45) is 0 Å². The van der Waals surface area contributed by atoms with Gasteiger partial charge in [-0.1, -0.05) is 6.07 Å². The lowest BCUT2D eigenvalue weighted by Crippen LogP contribution is -2.47. The van der Waals surface area contributed by atoms with Crippen LogP contribution in [0.4, 0.5) is 5.69 Å². The average Bonchev–Trinajstić information content (AvgIpc) is 2.41. The monoisotopic (exact) mass is 277 g/mol. The molecular weight excluding hydrogens is 258 g/mol.